The maximum Gasteiger partial charge on any atom is 0.336 e. The number of ether oxygens (including phenoxy) is 2. The third-order valence-corrected chi connectivity index (χ3v) is 2.80. The van der Waals surface area contributed by atoms with Crippen molar-refractivity contribution in [3.8, 4) is 0 Å². The number of carbonyl (C=O) groups is 3. The summed E-state index contributed by atoms with van der Waals surface area (Å²) in [6.45, 7) is -0.359. The Bertz CT molecular complexity index is 436. The van der Waals surface area contributed by atoms with Crippen LogP contribution in [-0.2, 0) is 23.9 Å². The first-order valence-electron chi connectivity index (χ1n) is 5.49. The number of ketones is 1. The number of hydrogen-bond acceptors (Lipinski definition) is 6. The first-order chi connectivity index (χ1) is 8.61. The predicted octanol–water partition coefficient (Wildman–Crippen LogP) is 0.0830. The van der Waals surface area contributed by atoms with E-state index < -0.39 is 24.1 Å². The monoisotopic (exact) mass is 252 g/mol. The second-order valence-electron chi connectivity index (χ2n) is 4.03. The second-order valence-corrected chi connectivity index (χ2v) is 4.03. The third kappa shape index (κ3) is 2.48. The van der Waals surface area contributed by atoms with E-state index in [0.29, 0.717) is 6.29 Å². The van der Waals surface area contributed by atoms with E-state index in [-0.39, 0.29) is 24.6 Å². The van der Waals surface area contributed by atoms with Crippen LogP contribution in [0.15, 0.2) is 24.0 Å². The van der Waals surface area contributed by atoms with Gasteiger partial charge in [-0.3, -0.25) is 9.59 Å². The number of Topliss-reactive ketones (excluding diaryl/α,β-unsaturated/α-hetero) is 1. The van der Waals surface area contributed by atoms with Crippen LogP contribution in [0, 0.1) is 5.92 Å². The van der Waals surface area contributed by atoms with E-state index in [0.717, 1.165) is 0 Å². The molecule has 2 aliphatic rings. The van der Waals surface area contributed by atoms with Gasteiger partial charge in [-0.15, -0.1) is 0 Å². The van der Waals surface area contributed by atoms with Crippen molar-refractivity contribution in [3.05, 3.63) is 24.0 Å². The lowest BCUT2D eigenvalue weighted by atomic mass is 9.87. The molecule has 0 radical (unpaired) electrons. The second kappa shape index (κ2) is 5.14. The molecule has 18 heavy (non-hydrogen) atoms. The van der Waals surface area contributed by atoms with Gasteiger partial charge in [-0.25, -0.2) is 4.79 Å². The largest absolute Gasteiger partial charge is 0.508 e. The lowest BCUT2D eigenvalue weighted by Gasteiger charge is -2.32. The number of hydrogen-bond donors (Lipinski definition) is 1. The van der Waals surface area contributed by atoms with E-state index in [4.69, 9.17) is 4.74 Å². The minimum Gasteiger partial charge on any atom is -0.508 e. The smallest absolute Gasteiger partial charge is 0.336 e. The van der Waals surface area contributed by atoms with Gasteiger partial charge in [-0.2, -0.15) is 0 Å². The lowest BCUT2D eigenvalue weighted by Crippen LogP contribution is -2.44. The maximum atomic E-state index is 11.8. The minimum atomic E-state index is -1.02. The average Bonchev–Trinajstić information content (AvgIpc) is 2.35. The summed E-state index contributed by atoms with van der Waals surface area (Å²) in [6.07, 6.45) is 3.03. The van der Waals surface area contributed by atoms with Crippen LogP contribution in [0.4, 0.5) is 0 Å². The number of rotatable bonds is 3. The molecule has 1 N–H and O–H groups in total. The summed E-state index contributed by atoms with van der Waals surface area (Å²) in [5.74, 6) is -1.38. The summed E-state index contributed by atoms with van der Waals surface area (Å²) in [7, 11) is 0. The summed E-state index contributed by atoms with van der Waals surface area (Å²) in [5.41, 5.74) is 0. The summed E-state index contributed by atoms with van der Waals surface area (Å²) < 4.78 is 9.99. The van der Waals surface area contributed by atoms with Crippen molar-refractivity contribution >= 4 is 18.0 Å². The molecule has 3 unspecified atom stereocenters. The molecule has 1 fully saturated rings. The van der Waals surface area contributed by atoms with Crippen LogP contribution in [-0.4, -0.2) is 42.0 Å². The summed E-state index contributed by atoms with van der Waals surface area (Å²) in [6, 6.07) is 0. The summed E-state index contributed by atoms with van der Waals surface area (Å²) in [5, 5.41) is 9.32. The van der Waals surface area contributed by atoms with Gasteiger partial charge < -0.3 is 14.6 Å². The van der Waals surface area contributed by atoms with Gasteiger partial charge >= 0.3 is 5.97 Å². The highest BCUT2D eigenvalue weighted by Gasteiger charge is 2.40. The number of aldehydes is 1. The number of aliphatic hydroxyl groups excluding tert-OH is 1. The number of carbonyl (C=O) groups excluding carboxylic acids is 3. The van der Waals surface area contributed by atoms with Gasteiger partial charge in [0.2, 0.25) is 0 Å². The molecule has 0 aromatic heterocycles. The molecule has 1 aliphatic heterocycles. The van der Waals surface area contributed by atoms with E-state index >= 15 is 0 Å². The molecule has 1 heterocycles. The van der Waals surface area contributed by atoms with Gasteiger partial charge in [-0.05, 0) is 12.2 Å². The number of aliphatic hydroxyl groups is 1. The van der Waals surface area contributed by atoms with Crippen LogP contribution in [0.5, 0.6) is 0 Å². The normalized spacial score (nSPS) is 30.3. The van der Waals surface area contributed by atoms with Crippen LogP contribution in [0.1, 0.15) is 6.42 Å². The van der Waals surface area contributed by atoms with Gasteiger partial charge in [-0.1, -0.05) is 6.08 Å². The van der Waals surface area contributed by atoms with Crippen molar-refractivity contribution in [2.24, 2.45) is 5.92 Å². The molecular weight excluding hydrogens is 240 g/mol. The Balaban J connectivity index is 2.06. The van der Waals surface area contributed by atoms with Crippen LogP contribution >= 0.6 is 0 Å². The van der Waals surface area contributed by atoms with Crippen molar-refractivity contribution in [2.45, 2.75) is 18.6 Å². The molecule has 6 nitrogen and oxygen atoms in total. The molecule has 0 bridgehead atoms. The third-order valence-electron chi connectivity index (χ3n) is 2.80. The fraction of sp³-hybridized carbons (Fsp3) is 0.417. The first kappa shape index (κ1) is 12.5. The SMILES string of the molecule is O=CCOC(=O)C1CC(=O)C2C=CC(O)=CC2O1. The Hall–Kier alpha value is -1.95. The maximum absolute atomic E-state index is 11.8. The Morgan fingerprint density at radius 3 is 3.11 bits per heavy atom. The fourth-order valence-electron chi connectivity index (χ4n) is 1.96. The fourth-order valence-corrected chi connectivity index (χ4v) is 1.96. The van der Waals surface area contributed by atoms with E-state index in [1.54, 1.807) is 6.08 Å². The molecule has 0 spiro atoms. The Kier molecular flexibility index (Phi) is 3.57. The quantitative estimate of drug-likeness (QED) is 0.565. The van der Waals surface area contributed by atoms with E-state index in [2.05, 4.69) is 4.74 Å². The average molecular weight is 252 g/mol. The highest BCUT2D eigenvalue weighted by atomic mass is 16.6. The highest BCUT2D eigenvalue weighted by molar-refractivity contribution is 5.90. The molecule has 0 aromatic rings. The lowest BCUT2D eigenvalue weighted by molar-refractivity contribution is -0.169. The zero-order chi connectivity index (χ0) is 13.1. The molecule has 1 aliphatic carbocycles. The Morgan fingerprint density at radius 1 is 1.61 bits per heavy atom. The molecular formula is C12H12O6. The van der Waals surface area contributed by atoms with Crippen LogP contribution in [0.25, 0.3) is 0 Å². The zero-order valence-corrected chi connectivity index (χ0v) is 9.44. The van der Waals surface area contributed by atoms with Crippen molar-refractivity contribution < 1.29 is 29.0 Å². The molecule has 3 atom stereocenters. The molecule has 0 aromatic carbocycles. The van der Waals surface area contributed by atoms with Gasteiger partial charge in [0, 0.05) is 6.42 Å². The van der Waals surface area contributed by atoms with Gasteiger partial charge in [0.15, 0.2) is 12.4 Å². The van der Waals surface area contributed by atoms with E-state index in [1.807, 2.05) is 0 Å². The minimum absolute atomic E-state index is 0.00837. The standard InChI is InChI=1S/C12H12O6/c13-3-4-17-12(16)11-6-9(15)8-2-1-7(14)5-10(8)18-11/h1-3,5,8,10-11,14H,4,6H2. The number of fused-ring (bicyclic) bond motifs is 1. The summed E-state index contributed by atoms with van der Waals surface area (Å²) >= 11 is 0. The number of allylic oxidation sites excluding steroid dienone is 1. The molecule has 6 heteroatoms. The Morgan fingerprint density at radius 2 is 2.39 bits per heavy atom. The highest BCUT2D eigenvalue weighted by Crippen LogP contribution is 2.28. The van der Waals surface area contributed by atoms with E-state index in [1.165, 1.54) is 12.2 Å². The zero-order valence-electron chi connectivity index (χ0n) is 9.44. The molecule has 96 valence electrons. The van der Waals surface area contributed by atoms with Gasteiger partial charge in [0.1, 0.15) is 18.1 Å². The Labute approximate surface area is 103 Å². The molecule has 0 saturated carbocycles. The molecule has 0 amide bonds. The van der Waals surface area contributed by atoms with Crippen LogP contribution < -0.4 is 0 Å². The molecule has 1 saturated heterocycles. The van der Waals surface area contributed by atoms with Crippen molar-refractivity contribution in [1.82, 2.24) is 0 Å². The van der Waals surface area contributed by atoms with Crippen molar-refractivity contribution in [1.29, 1.82) is 0 Å². The van der Waals surface area contributed by atoms with Crippen LogP contribution in [0.3, 0.4) is 0 Å². The van der Waals surface area contributed by atoms with Crippen molar-refractivity contribution in [3.63, 3.8) is 0 Å². The first-order valence-corrected chi connectivity index (χ1v) is 5.49. The molecule has 2 rings (SSSR count). The predicted molar refractivity (Wildman–Crippen MR) is 58.6 cm³/mol. The summed E-state index contributed by atoms with van der Waals surface area (Å²) in [4.78, 5) is 33.4. The number of esters is 1. The van der Waals surface area contributed by atoms with Crippen LogP contribution in [0.2, 0.25) is 0 Å². The van der Waals surface area contributed by atoms with Crippen molar-refractivity contribution in [2.75, 3.05) is 6.61 Å². The van der Waals surface area contributed by atoms with Gasteiger partial charge in [0.05, 0.1) is 12.0 Å². The van der Waals surface area contributed by atoms with E-state index in [9.17, 15) is 19.5 Å². The van der Waals surface area contributed by atoms with Gasteiger partial charge in [0.25, 0.3) is 0 Å². The topological polar surface area (TPSA) is 89.9 Å².